The number of aryl methyl sites for hydroxylation is 1. The summed E-state index contributed by atoms with van der Waals surface area (Å²) < 4.78 is 39.2. The number of piperidine rings is 1. The lowest BCUT2D eigenvalue weighted by Crippen LogP contribution is -2.48. The highest BCUT2D eigenvalue weighted by Gasteiger charge is 2.44. The van der Waals surface area contributed by atoms with Gasteiger partial charge in [0.25, 0.3) is 5.92 Å². The normalized spacial score (nSPS) is 17.6. The van der Waals surface area contributed by atoms with Crippen molar-refractivity contribution in [3.8, 4) is 11.5 Å². The van der Waals surface area contributed by atoms with Gasteiger partial charge in [0.15, 0.2) is 11.5 Å². The Kier molecular flexibility index (Phi) is 7.54. The van der Waals surface area contributed by atoms with E-state index in [-0.39, 0.29) is 30.7 Å². The molecule has 12 heteroatoms. The summed E-state index contributed by atoms with van der Waals surface area (Å²) in [4.78, 5) is 26.4. The van der Waals surface area contributed by atoms with E-state index in [2.05, 4.69) is 20.3 Å². The topological polar surface area (TPSA) is 103 Å². The van der Waals surface area contributed by atoms with Crippen LogP contribution in [0.2, 0.25) is 0 Å². The first-order valence-corrected chi connectivity index (χ1v) is 13.6. The molecule has 0 saturated carbocycles. The Morgan fingerprint density at radius 3 is 2.66 bits per heavy atom. The molecule has 1 aliphatic rings. The smallest absolute Gasteiger partial charge is 0.265 e. The zero-order valence-electron chi connectivity index (χ0n) is 24.3. The molecule has 0 spiro atoms. The lowest BCUT2D eigenvalue weighted by Gasteiger charge is -2.37. The van der Waals surface area contributed by atoms with Gasteiger partial charge in [-0.3, -0.25) is 14.5 Å². The van der Waals surface area contributed by atoms with Crippen LogP contribution in [-0.2, 0) is 30.2 Å². The number of hydrogen-bond donors (Lipinski definition) is 1. The SMILES string of the molecule is CC(=O)Cc1cc(Oc2cnc3nc(Nc4cc(C(C)(C)C)n(C[C@@H]5CCN(C)CC5(F)F)n4)n(C)c3c2)ccn1. The van der Waals surface area contributed by atoms with Gasteiger partial charge in [-0.25, -0.2) is 13.8 Å². The van der Waals surface area contributed by atoms with Gasteiger partial charge in [-0.05, 0) is 33.0 Å². The summed E-state index contributed by atoms with van der Waals surface area (Å²) in [6.45, 7) is 8.19. The van der Waals surface area contributed by atoms with Gasteiger partial charge in [0.1, 0.15) is 17.3 Å². The Hall–Kier alpha value is -3.93. The maximum atomic E-state index is 14.9. The first-order chi connectivity index (χ1) is 19.3. The van der Waals surface area contributed by atoms with Gasteiger partial charge >= 0.3 is 0 Å². The Balaban J connectivity index is 1.38. The molecule has 1 fully saturated rings. The van der Waals surface area contributed by atoms with Crippen molar-refractivity contribution < 1.29 is 18.3 Å². The van der Waals surface area contributed by atoms with Gasteiger partial charge in [-0.1, -0.05) is 20.8 Å². The number of ketones is 1. The summed E-state index contributed by atoms with van der Waals surface area (Å²) in [6.07, 6.45) is 3.83. The number of rotatable bonds is 8. The van der Waals surface area contributed by atoms with Crippen molar-refractivity contribution in [1.82, 2.24) is 34.2 Å². The second-order valence-electron chi connectivity index (χ2n) is 11.9. The van der Waals surface area contributed by atoms with Crippen LogP contribution in [-0.4, -0.2) is 66.0 Å². The quantitative estimate of drug-likeness (QED) is 0.314. The van der Waals surface area contributed by atoms with Crippen LogP contribution in [0.1, 0.15) is 45.5 Å². The maximum absolute atomic E-state index is 14.9. The number of nitrogens with one attached hydrogen (secondary N) is 1. The molecule has 1 atom stereocenters. The Morgan fingerprint density at radius 1 is 1.17 bits per heavy atom. The third-order valence-corrected chi connectivity index (χ3v) is 7.29. The standard InChI is InChI=1S/C29H36F2N8O2/c1-18(40)11-20-12-21(7-9-32-20)41-22-13-23-26(33-15-22)35-27(38(23)6)34-25-14-24(28(2,3)4)39(36-25)16-19-8-10-37(5)17-29(19,30)31/h7,9,12-15,19H,8,10-11,16-17H2,1-6H3,(H,33,34,35,36)/t19-/m0/s1. The zero-order chi connectivity index (χ0) is 29.5. The number of ether oxygens (including phenoxy) is 1. The van der Waals surface area contributed by atoms with Crippen molar-refractivity contribution in [2.45, 2.75) is 58.4 Å². The van der Waals surface area contributed by atoms with Gasteiger partial charge in [0.2, 0.25) is 5.95 Å². The third-order valence-electron chi connectivity index (χ3n) is 7.29. The second-order valence-corrected chi connectivity index (χ2v) is 11.9. The molecule has 10 nitrogen and oxygen atoms in total. The van der Waals surface area contributed by atoms with E-state index in [0.717, 1.165) is 11.2 Å². The molecular formula is C29H36F2N8O2. The van der Waals surface area contributed by atoms with Crippen LogP contribution in [0, 0.1) is 5.92 Å². The Morgan fingerprint density at radius 2 is 1.95 bits per heavy atom. The third kappa shape index (κ3) is 6.37. The molecule has 0 radical (unpaired) electrons. The highest BCUT2D eigenvalue weighted by Crippen LogP contribution is 2.36. The molecule has 0 aliphatic carbocycles. The number of imidazole rings is 1. The summed E-state index contributed by atoms with van der Waals surface area (Å²) in [6, 6.07) is 7.17. The average Bonchev–Trinajstić information content (AvgIpc) is 3.41. The van der Waals surface area contributed by atoms with Crippen molar-refractivity contribution >= 4 is 28.7 Å². The number of fused-ring (bicyclic) bond motifs is 1. The second kappa shape index (κ2) is 10.8. The van der Waals surface area contributed by atoms with Gasteiger partial charge in [0, 0.05) is 61.4 Å². The molecule has 1 N–H and O–H groups in total. The van der Waals surface area contributed by atoms with Crippen LogP contribution < -0.4 is 10.1 Å². The summed E-state index contributed by atoms with van der Waals surface area (Å²) in [5.74, 6) is -1.46. The number of anilines is 2. The predicted octanol–water partition coefficient (Wildman–Crippen LogP) is 5.11. The number of hydrogen-bond acceptors (Lipinski definition) is 8. The van der Waals surface area contributed by atoms with Crippen LogP contribution in [0.15, 0.2) is 36.7 Å². The van der Waals surface area contributed by atoms with Crippen LogP contribution in [0.5, 0.6) is 11.5 Å². The monoisotopic (exact) mass is 566 g/mol. The molecule has 4 aromatic rings. The number of carbonyl (C=O) groups is 1. The number of carbonyl (C=O) groups excluding carboxylic acids is 1. The van der Waals surface area contributed by atoms with Crippen molar-refractivity contribution in [3.05, 3.63) is 48.0 Å². The van der Waals surface area contributed by atoms with Gasteiger partial charge in [0.05, 0.1) is 24.0 Å². The zero-order valence-corrected chi connectivity index (χ0v) is 24.3. The average molecular weight is 567 g/mol. The molecule has 0 aromatic carbocycles. The fourth-order valence-corrected chi connectivity index (χ4v) is 5.15. The summed E-state index contributed by atoms with van der Waals surface area (Å²) in [5, 5.41) is 7.95. The molecule has 5 rings (SSSR count). The number of aromatic nitrogens is 6. The largest absolute Gasteiger partial charge is 0.456 e. The highest BCUT2D eigenvalue weighted by atomic mass is 19.3. The summed E-state index contributed by atoms with van der Waals surface area (Å²) in [5.41, 5.74) is 2.43. The van der Waals surface area contributed by atoms with Gasteiger partial charge in [-0.2, -0.15) is 10.1 Å². The van der Waals surface area contributed by atoms with E-state index in [4.69, 9.17) is 9.84 Å². The number of halogens is 2. The molecular weight excluding hydrogens is 530 g/mol. The van der Waals surface area contributed by atoms with E-state index >= 15 is 0 Å². The first kappa shape index (κ1) is 28.6. The summed E-state index contributed by atoms with van der Waals surface area (Å²) in [7, 11) is 3.58. The molecule has 1 saturated heterocycles. The van der Waals surface area contributed by atoms with E-state index in [1.165, 1.54) is 6.92 Å². The van der Waals surface area contributed by atoms with Crippen molar-refractivity contribution in [2.24, 2.45) is 13.0 Å². The number of Topliss-reactive ketones (excluding diaryl/α,β-unsaturated/α-hetero) is 1. The van der Waals surface area contributed by atoms with E-state index in [0.29, 0.717) is 47.6 Å². The van der Waals surface area contributed by atoms with E-state index in [1.54, 1.807) is 41.2 Å². The lowest BCUT2D eigenvalue weighted by atomic mass is 9.90. The van der Waals surface area contributed by atoms with Crippen molar-refractivity contribution in [2.75, 3.05) is 25.5 Å². The van der Waals surface area contributed by atoms with Crippen molar-refractivity contribution in [1.29, 1.82) is 0 Å². The van der Waals surface area contributed by atoms with Gasteiger partial charge < -0.3 is 19.5 Å². The number of likely N-dealkylation sites (tertiary alicyclic amines) is 1. The Bertz CT molecular complexity index is 1570. The van der Waals surface area contributed by atoms with E-state index in [9.17, 15) is 13.6 Å². The molecule has 4 aromatic heterocycles. The van der Waals surface area contributed by atoms with E-state index in [1.807, 2.05) is 44.5 Å². The van der Waals surface area contributed by atoms with Crippen LogP contribution in [0.25, 0.3) is 11.2 Å². The van der Waals surface area contributed by atoms with E-state index < -0.39 is 11.8 Å². The maximum Gasteiger partial charge on any atom is 0.265 e. The molecule has 218 valence electrons. The highest BCUT2D eigenvalue weighted by molar-refractivity contribution is 5.78. The van der Waals surface area contributed by atoms with Crippen LogP contribution in [0.4, 0.5) is 20.5 Å². The minimum atomic E-state index is -2.78. The van der Waals surface area contributed by atoms with Crippen molar-refractivity contribution in [3.63, 3.8) is 0 Å². The summed E-state index contributed by atoms with van der Waals surface area (Å²) >= 11 is 0. The lowest BCUT2D eigenvalue weighted by molar-refractivity contribution is -0.116. The predicted molar refractivity (Wildman–Crippen MR) is 152 cm³/mol. The number of alkyl halides is 2. The minimum Gasteiger partial charge on any atom is -0.456 e. The molecule has 1 aliphatic heterocycles. The van der Waals surface area contributed by atoms with Gasteiger partial charge in [-0.15, -0.1) is 0 Å². The Labute approximate surface area is 237 Å². The minimum absolute atomic E-state index is 0.0202. The number of pyridine rings is 2. The fourth-order valence-electron chi connectivity index (χ4n) is 5.15. The molecule has 0 unspecified atom stereocenters. The molecule has 0 amide bonds. The molecule has 5 heterocycles. The number of nitrogens with zero attached hydrogens (tertiary/aromatic N) is 7. The fraction of sp³-hybridized carbons (Fsp3) is 0.483. The van der Waals surface area contributed by atoms with Crippen LogP contribution in [0.3, 0.4) is 0 Å². The van der Waals surface area contributed by atoms with Crippen LogP contribution >= 0.6 is 0 Å². The molecule has 41 heavy (non-hydrogen) atoms. The first-order valence-electron chi connectivity index (χ1n) is 13.6. The molecule has 0 bridgehead atoms.